The number of anilines is 1. The van der Waals surface area contributed by atoms with Gasteiger partial charge in [-0.1, -0.05) is 23.8 Å². The maximum atomic E-state index is 12.3. The van der Waals surface area contributed by atoms with E-state index in [0.29, 0.717) is 16.6 Å². The average molecular weight is 267 g/mol. The van der Waals surface area contributed by atoms with E-state index in [1.807, 2.05) is 31.2 Å². The fourth-order valence-electron chi connectivity index (χ4n) is 2.08. The molecule has 0 radical (unpaired) electrons. The number of benzene rings is 2. The zero-order chi connectivity index (χ0) is 14.1. The molecule has 3 rings (SSSR count). The predicted octanol–water partition coefficient (Wildman–Crippen LogP) is 2.42. The fraction of sp³-hybridized carbons (Fsp3) is 0.0667. The number of rotatable bonds is 2. The van der Waals surface area contributed by atoms with Crippen molar-refractivity contribution in [2.75, 3.05) is 5.32 Å². The molecule has 100 valence electrons. The third-order valence-corrected chi connectivity index (χ3v) is 3.11. The molecule has 5 nitrogen and oxygen atoms in total. The van der Waals surface area contributed by atoms with E-state index < -0.39 is 0 Å². The Hall–Kier alpha value is -2.82. The van der Waals surface area contributed by atoms with Crippen molar-refractivity contribution in [1.29, 1.82) is 0 Å². The number of para-hydroxylation sites is 1. The number of H-pyrrole nitrogens is 2. The Labute approximate surface area is 114 Å². The molecule has 3 aromatic rings. The number of imidazole rings is 1. The van der Waals surface area contributed by atoms with Gasteiger partial charge in [-0.25, -0.2) is 4.79 Å². The largest absolute Gasteiger partial charge is 0.323 e. The van der Waals surface area contributed by atoms with Crippen molar-refractivity contribution in [3.63, 3.8) is 0 Å². The second kappa shape index (κ2) is 4.70. The van der Waals surface area contributed by atoms with E-state index in [-0.39, 0.29) is 11.6 Å². The lowest BCUT2D eigenvalue weighted by Gasteiger charge is -2.06. The Balaban J connectivity index is 1.96. The zero-order valence-corrected chi connectivity index (χ0v) is 10.9. The minimum atomic E-state index is -0.324. The van der Waals surface area contributed by atoms with Crippen LogP contribution in [0, 0.1) is 6.92 Å². The van der Waals surface area contributed by atoms with E-state index in [4.69, 9.17) is 0 Å². The molecule has 0 bridgehead atoms. The highest BCUT2D eigenvalue weighted by molar-refractivity contribution is 6.11. The van der Waals surface area contributed by atoms with Crippen LogP contribution in [0.3, 0.4) is 0 Å². The van der Waals surface area contributed by atoms with Gasteiger partial charge in [0, 0.05) is 5.69 Å². The molecule has 0 saturated carbocycles. The summed E-state index contributed by atoms with van der Waals surface area (Å²) in [5.41, 5.74) is 3.08. The Kier molecular flexibility index (Phi) is 2.87. The van der Waals surface area contributed by atoms with E-state index in [1.54, 1.807) is 18.2 Å². The quantitative estimate of drug-likeness (QED) is 0.666. The Morgan fingerprint density at radius 1 is 1.05 bits per heavy atom. The van der Waals surface area contributed by atoms with Crippen molar-refractivity contribution < 1.29 is 4.79 Å². The van der Waals surface area contributed by atoms with E-state index in [0.717, 1.165) is 11.3 Å². The maximum absolute atomic E-state index is 12.3. The van der Waals surface area contributed by atoms with Crippen molar-refractivity contribution in [3.8, 4) is 0 Å². The number of aromatic amines is 2. The molecule has 20 heavy (non-hydrogen) atoms. The molecule has 0 atom stereocenters. The van der Waals surface area contributed by atoms with Crippen molar-refractivity contribution >= 4 is 22.6 Å². The minimum Gasteiger partial charge on any atom is -0.322 e. The number of fused-ring (bicyclic) bond motifs is 1. The molecule has 0 aliphatic rings. The molecule has 0 spiro atoms. The highest BCUT2D eigenvalue weighted by atomic mass is 16.2. The standard InChI is InChI=1S/C15H13N3O2/c1-9-5-7-10(8-6-9)16-14(19)11-3-2-4-12-13(11)18-15(20)17-12/h2-8H,1H3,(H,16,19)(H2,17,18,20). The molecule has 0 aliphatic carbocycles. The third kappa shape index (κ3) is 2.21. The van der Waals surface area contributed by atoms with Crippen LogP contribution in [0.15, 0.2) is 47.3 Å². The topological polar surface area (TPSA) is 77.8 Å². The van der Waals surface area contributed by atoms with Crippen LogP contribution >= 0.6 is 0 Å². The van der Waals surface area contributed by atoms with Gasteiger partial charge in [-0.2, -0.15) is 0 Å². The molecular weight excluding hydrogens is 254 g/mol. The van der Waals surface area contributed by atoms with Crippen molar-refractivity contribution in [2.24, 2.45) is 0 Å². The molecule has 0 unspecified atom stereocenters. The lowest BCUT2D eigenvalue weighted by atomic mass is 10.1. The molecule has 0 saturated heterocycles. The summed E-state index contributed by atoms with van der Waals surface area (Å²) in [5.74, 6) is -0.255. The van der Waals surface area contributed by atoms with Gasteiger partial charge in [0.2, 0.25) is 0 Å². The van der Waals surface area contributed by atoms with Crippen LogP contribution in [0.25, 0.3) is 11.0 Å². The minimum absolute atomic E-state index is 0.255. The smallest absolute Gasteiger partial charge is 0.322 e. The van der Waals surface area contributed by atoms with Crippen LogP contribution in [-0.4, -0.2) is 15.9 Å². The van der Waals surface area contributed by atoms with Crippen LogP contribution < -0.4 is 11.0 Å². The van der Waals surface area contributed by atoms with Crippen molar-refractivity contribution in [1.82, 2.24) is 9.97 Å². The number of amides is 1. The number of nitrogens with one attached hydrogen (secondary N) is 3. The molecule has 2 aromatic carbocycles. The second-order valence-corrected chi connectivity index (χ2v) is 4.63. The second-order valence-electron chi connectivity index (χ2n) is 4.63. The molecular formula is C15H13N3O2. The van der Waals surface area contributed by atoms with Crippen LogP contribution in [0.5, 0.6) is 0 Å². The summed E-state index contributed by atoms with van der Waals surface area (Å²) in [5, 5.41) is 2.81. The number of carbonyl (C=O) groups is 1. The van der Waals surface area contributed by atoms with E-state index in [1.165, 1.54) is 0 Å². The fourth-order valence-corrected chi connectivity index (χ4v) is 2.08. The monoisotopic (exact) mass is 267 g/mol. The lowest BCUT2D eigenvalue weighted by Crippen LogP contribution is -2.12. The highest BCUT2D eigenvalue weighted by Gasteiger charge is 2.12. The lowest BCUT2D eigenvalue weighted by molar-refractivity contribution is 0.102. The first-order valence-corrected chi connectivity index (χ1v) is 6.22. The maximum Gasteiger partial charge on any atom is 0.323 e. The Bertz CT molecular complexity index is 828. The van der Waals surface area contributed by atoms with Gasteiger partial charge in [0.15, 0.2) is 0 Å². The molecule has 0 fully saturated rings. The van der Waals surface area contributed by atoms with Gasteiger partial charge in [0.1, 0.15) is 0 Å². The van der Waals surface area contributed by atoms with E-state index >= 15 is 0 Å². The van der Waals surface area contributed by atoms with Crippen LogP contribution in [0.1, 0.15) is 15.9 Å². The van der Waals surface area contributed by atoms with Gasteiger partial charge in [0.25, 0.3) is 5.91 Å². The number of hydrogen-bond acceptors (Lipinski definition) is 2. The zero-order valence-electron chi connectivity index (χ0n) is 10.9. The van der Waals surface area contributed by atoms with Crippen molar-refractivity contribution in [3.05, 3.63) is 64.1 Å². The first-order chi connectivity index (χ1) is 9.63. The average Bonchev–Trinajstić information content (AvgIpc) is 2.81. The number of carbonyl (C=O) groups excluding carboxylic acids is 1. The third-order valence-electron chi connectivity index (χ3n) is 3.11. The summed E-state index contributed by atoms with van der Waals surface area (Å²) >= 11 is 0. The predicted molar refractivity (Wildman–Crippen MR) is 78.1 cm³/mol. The van der Waals surface area contributed by atoms with Crippen LogP contribution in [-0.2, 0) is 0 Å². The van der Waals surface area contributed by atoms with Crippen LogP contribution in [0.4, 0.5) is 5.69 Å². The highest BCUT2D eigenvalue weighted by Crippen LogP contribution is 2.16. The van der Waals surface area contributed by atoms with Crippen LogP contribution in [0.2, 0.25) is 0 Å². The summed E-state index contributed by atoms with van der Waals surface area (Å²) in [6.45, 7) is 1.98. The SMILES string of the molecule is Cc1ccc(NC(=O)c2cccc3[nH]c(=O)[nH]c23)cc1. The van der Waals surface area contributed by atoms with Gasteiger partial charge in [-0.05, 0) is 31.2 Å². The molecule has 3 N–H and O–H groups in total. The summed E-state index contributed by atoms with van der Waals surface area (Å²) in [6, 6.07) is 12.7. The summed E-state index contributed by atoms with van der Waals surface area (Å²) in [7, 11) is 0. The number of aryl methyl sites for hydroxylation is 1. The summed E-state index contributed by atoms with van der Waals surface area (Å²) in [6.07, 6.45) is 0. The molecule has 5 heteroatoms. The first-order valence-electron chi connectivity index (χ1n) is 6.22. The number of aromatic nitrogens is 2. The van der Waals surface area contributed by atoms with Gasteiger partial charge in [-0.3, -0.25) is 4.79 Å². The van der Waals surface area contributed by atoms with Gasteiger partial charge in [-0.15, -0.1) is 0 Å². The van der Waals surface area contributed by atoms with E-state index in [9.17, 15) is 9.59 Å². The summed E-state index contributed by atoms with van der Waals surface area (Å²) in [4.78, 5) is 28.9. The van der Waals surface area contributed by atoms with Crippen molar-refractivity contribution in [2.45, 2.75) is 6.92 Å². The Morgan fingerprint density at radius 2 is 1.80 bits per heavy atom. The Morgan fingerprint density at radius 3 is 2.55 bits per heavy atom. The summed E-state index contributed by atoms with van der Waals surface area (Å²) < 4.78 is 0. The molecule has 1 heterocycles. The van der Waals surface area contributed by atoms with E-state index in [2.05, 4.69) is 15.3 Å². The molecule has 1 aromatic heterocycles. The molecule has 1 amide bonds. The molecule has 0 aliphatic heterocycles. The normalized spacial score (nSPS) is 10.7. The van der Waals surface area contributed by atoms with Gasteiger partial charge in [0.05, 0.1) is 16.6 Å². The van der Waals surface area contributed by atoms with Gasteiger partial charge < -0.3 is 15.3 Å². The number of hydrogen-bond donors (Lipinski definition) is 3. The van der Waals surface area contributed by atoms with Gasteiger partial charge >= 0.3 is 5.69 Å². The first kappa shape index (κ1) is 12.2.